The Morgan fingerprint density at radius 1 is 1.25 bits per heavy atom. The molecule has 1 aliphatic heterocycles. The molecule has 9 heteroatoms. The highest BCUT2D eigenvalue weighted by atomic mass is 32.2. The van der Waals surface area contributed by atoms with Crippen molar-refractivity contribution in [3.63, 3.8) is 0 Å². The molecule has 3 rings (SSSR count). The first-order valence-electron chi connectivity index (χ1n) is 8.64. The van der Waals surface area contributed by atoms with E-state index in [0.717, 1.165) is 5.56 Å². The number of nitrogens with one attached hydrogen (secondary N) is 2. The summed E-state index contributed by atoms with van der Waals surface area (Å²) in [5.41, 5.74) is 1.60. The first kappa shape index (κ1) is 19.7. The van der Waals surface area contributed by atoms with Gasteiger partial charge in [0.2, 0.25) is 0 Å². The van der Waals surface area contributed by atoms with E-state index < -0.39 is 12.0 Å². The van der Waals surface area contributed by atoms with Crippen LogP contribution >= 0.6 is 11.8 Å². The zero-order valence-electron chi connectivity index (χ0n) is 15.5. The van der Waals surface area contributed by atoms with E-state index in [1.165, 1.54) is 11.8 Å². The summed E-state index contributed by atoms with van der Waals surface area (Å²) in [6, 6.07) is 9.74. The second kappa shape index (κ2) is 9.23. The minimum absolute atomic E-state index is 0.232. The maximum absolute atomic E-state index is 12.7. The van der Waals surface area contributed by atoms with Gasteiger partial charge in [-0.2, -0.15) is 5.10 Å². The van der Waals surface area contributed by atoms with Gasteiger partial charge >= 0.3 is 12.0 Å². The van der Waals surface area contributed by atoms with Crippen LogP contribution in [-0.4, -0.2) is 41.7 Å². The molecule has 2 heterocycles. The molecular weight excluding hydrogens is 380 g/mol. The third kappa shape index (κ3) is 4.61. The van der Waals surface area contributed by atoms with Crippen molar-refractivity contribution in [1.29, 1.82) is 0 Å². The van der Waals surface area contributed by atoms with Crippen LogP contribution in [0.4, 0.5) is 4.79 Å². The lowest BCUT2D eigenvalue weighted by molar-refractivity contribution is -0.139. The van der Waals surface area contributed by atoms with E-state index in [0.29, 0.717) is 27.8 Å². The number of nitrogens with zero attached hydrogens (tertiary/aromatic N) is 2. The Hall–Kier alpha value is -3.07. The summed E-state index contributed by atoms with van der Waals surface area (Å²) in [6.45, 7) is 1.97. The maximum Gasteiger partial charge on any atom is 0.338 e. The third-order valence-electron chi connectivity index (χ3n) is 4.01. The van der Waals surface area contributed by atoms with Gasteiger partial charge in [0.15, 0.2) is 0 Å². The molecule has 2 aromatic rings. The van der Waals surface area contributed by atoms with Gasteiger partial charge in [-0.1, -0.05) is 23.9 Å². The number of amides is 2. The Morgan fingerprint density at radius 3 is 2.68 bits per heavy atom. The molecule has 28 heavy (non-hydrogen) atoms. The maximum atomic E-state index is 12.7. The van der Waals surface area contributed by atoms with Crippen LogP contribution in [0.2, 0.25) is 0 Å². The van der Waals surface area contributed by atoms with Gasteiger partial charge in [-0.3, -0.25) is 0 Å². The van der Waals surface area contributed by atoms with Crippen LogP contribution in [0, 0.1) is 0 Å². The van der Waals surface area contributed by atoms with Crippen molar-refractivity contribution in [2.75, 3.05) is 19.5 Å². The minimum atomic E-state index is -0.629. The number of benzene rings is 1. The Morgan fingerprint density at radius 2 is 2.04 bits per heavy atom. The summed E-state index contributed by atoms with van der Waals surface area (Å²) < 4.78 is 10.4. The number of hydrogen-bond donors (Lipinski definition) is 2. The lowest BCUT2D eigenvalue weighted by Gasteiger charge is -2.29. The Balaban J connectivity index is 1.95. The van der Waals surface area contributed by atoms with Gasteiger partial charge in [-0.25, -0.2) is 9.59 Å². The van der Waals surface area contributed by atoms with E-state index in [-0.39, 0.29) is 12.6 Å². The van der Waals surface area contributed by atoms with Crippen LogP contribution in [-0.2, 0) is 9.53 Å². The molecule has 8 nitrogen and oxygen atoms in total. The van der Waals surface area contributed by atoms with Crippen molar-refractivity contribution in [3.05, 3.63) is 59.4 Å². The second-order valence-electron chi connectivity index (χ2n) is 5.77. The lowest BCUT2D eigenvalue weighted by Crippen LogP contribution is -2.46. The molecule has 2 N–H and O–H groups in total. The summed E-state index contributed by atoms with van der Waals surface area (Å²) in [5, 5.41) is 14.1. The number of methoxy groups -OCH3 is 1. The third-order valence-corrected chi connectivity index (χ3v) is 4.96. The zero-order chi connectivity index (χ0) is 19.9. The topological polar surface area (TPSA) is 102 Å². The number of urea groups is 1. The summed E-state index contributed by atoms with van der Waals surface area (Å²) in [6.07, 6.45) is 1.58. The number of hydrogen-bond acceptors (Lipinski definition) is 7. The zero-order valence-corrected chi connectivity index (χ0v) is 16.3. The molecule has 1 aromatic heterocycles. The molecule has 1 atom stereocenters. The molecule has 1 aliphatic rings. The number of aromatic nitrogens is 2. The number of thioether (sulfide) groups is 1. The highest BCUT2D eigenvalue weighted by Crippen LogP contribution is 2.31. The molecular formula is C19H20N4O4S. The molecule has 0 bridgehead atoms. The van der Waals surface area contributed by atoms with Gasteiger partial charge in [0, 0.05) is 17.6 Å². The van der Waals surface area contributed by atoms with Crippen molar-refractivity contribution < 1.29 is 19.1 Å². The van der Waals surface area contributed by atoms with Crippen LogP contribution in [0.3, 0.4) is 0 Å². The number of carbonyl (C=O) groups is 2. The largest absolute Gasteiger partial charge is 0.497 e. The summed E-state index contributed by atoms with van der Waals surface area (Å²) in [4.78, 5) is 24.9. The highest BCUT2D eigenvalue weighted by molar-refractivity contribution is 7.99. The number of rotatable bonds is 7. The first-order chi connectivity index (χ1) is 13.6. The van der Waals surface area contributed by atoms with Crippen LogP contribution < -0.4 is 15.4 Å². The number of esters is 1. The SMILES string of the molecule is CCOC(=O)C1=C(CSc2cccnn2)NC(=O)N[C@H]1c1ccc(OC)cc1. The molecule has 0 saturated carbocycles. The van der Waals surface area contributed by atoms with Gasteiger partial charge in [0.1, 0.15) is 10.8 Å². The van der Waals surface area contributed by atoms with E-state index in [4.69, 9.17) is 9.47 Å². The van der Waals surface area contributed by atoms with Crippen molar-refractivity contribution >= 4 is 23.8 Å². The number of carbonyl (C=O) groups excluding carboxylic acids is 2. The van der Waals surface area contributed by atoms with Crippen LogP contribution in [0.25, 0.3) is 0 Å². The smallest absolute Gasteiger partial charge is 0.338 e. The van der Waals surface area contributed by atoms with E-state index in [9.17, 15) is 9.59 Å². The molecule has 0 aliphatic carbocycles. The molecule has 1 aromatic carbocycles. The molecule has 0 fully saturated rings. The Bertz CT molecular complexity index is 871. The van der Waals surface area contributed by atoms with Gasteiger partial charge in [0.05, 0.1) is 25.3 Å². The van der Waals surface area contributed by atoms with E-state index in [1.54, 1.807) is 38.4 Å². The van der Waals surface area contributed by atoms with Gasteiger partial charge in [-0.05, 0) is 36.8 Å². The fourth-order valence-corrected chi connectivity index (χ4v) is 3.54. The molecule has 0 spiro atoms. The van der Waals surface area contributed by atoms with Crippen molar-refractivity contribution in [2.24, 2.45) is 0 Å². The average molecular weight is 400 g/mol. The second-order valence-corrected chi connectivity index (χ2v) is 6.76. The fraction of sp³-hybridized carbons (Fsp3) is 0.263. The van der Waals surface area contributed by atoms with Crippen LogP contribution in [0.1, 0.15) is 18.5 Å². The summed E-state index contributed by atoms with van der Waals surface area (Å²) >= 11 is 1.37. The van der Waals surface area contributed by atoms with E-state index in [1.807, 2.05) is 18.2 Å². The van der Waals surface area contributed by atoms with Crippen LogP contribution in [0.15, 0.2) is 58.9 Å². The predicted octanol–water partition coefficient (Wildman–Crippen LogP) is 2.45. The van der Waals surface area contributed by atoms with Crippen molar-refractivity contribution in [1.82, 2.24) is 20.8 Å². The van der Waals surface area contributed by atoms with E-state index in [2.05, 4.69) is 20.8 Å². The van der Waals surface area contributed by atoms with Gasteiger partial charge in [0.25, 0.3) is 0 Å². The predicted molar refractivity (Wildman–Crippen MR) is 104 cm³/mol. The monoisotopic (exact) mass is 400 g/mol. The minimum Gasteiger partial charge on any atom is -0.497 e. The number of ether oxygens (including phenoxy) is 2. The molecule has 0 saturated heterocycles. The molecule has 2 amide bonds. The van der Waals surface area contributed by atoms with Gasteiger partial charge in [-0.15, -0.1) is 5.10 Å². The summed E-state index contributed by atoms with van der Waals surface area (Å²) in [7, 11) is 1.58. The van der Waals surface area contributed by atoms with E-state index >= 15 is 0 Å². The normalized spacial score (nSPS) is 16.2. The first-order valence-corrected chi connectivity index (χ1v) is 9.63. The average Bonchev–Trinajstić information content (AvgIpc) is 2.72. The lowest BCUT2D eigenvalue weighted by atomic mass is 9.95. The quantitative estimate of drug-likeness (QED) is 0.544. The summed E-state index contributed by atoms with van der Waals surface area (Å²) in [5.74, 6) is 0.544. The van der Waals surface area contributed by atoms with Crippen molar-refractivity contribution in [3.8, 4) is 5.75 Å². The highest BCUT2D eigenvalue weighted by Gasteiger charge is 2.33. The standard InChI is InChI=1S/C19H20N4O4S/c1-3-27-18(24)16-14(11-28-15-5-4-10-20-23-15)21-19(25)22-17(16)12-6-8-13(26-2)9-7-12/h4-10,17H,3,11H2,1-2H3,(H2,21,22,25)/t17-/m0/s1. The fourth-order valence-electron chi connectivity index (χ4n) is 2.74. The Kier molecular flexibility index (Phi) is 6.49. The Labute approximate surface area is 166 Å². The molecule has 0 unspecified atom stereocenters. The van der Waals surface area contributed by atoms with Crippen LogP contribution in [0.5, 0.6) is 5.75 Å². The molecule has 146 valence electrons. The van der Waals surface area contributed by atoms with Crippen molar-refractivity contribution in [2.45, 2.75) is 18.0 Å². The van der Waals surface area contributed by atoms with Gasteiger partial charge < -0.3 is 20.1 Å². The molecule has 0 radical (unpaired) electrons.